The van der Waals surface area contributed by atoms with Crippen LogP contribution in [0.2, 0.25) is 0 Å². The van der Waals surface area contributed by atoms with Gasteiger partial charge in [0.15, 0.2) is 23.3 Å². The molecule has 2 aliphatic rings. The summed E-state index contributed by atoms with van der Waals surface area (Å²) >= 11 is 0. The number of nitrogens with zero attached hydrogens (tertiary/aromatic N) is 6. The average Bonchev–Trinajstić information content (AvgIpc) is 3.73. The fraction of sp³-hybridized carbons (Fsp3) is 0. The summed E-state index contributed by atoms with van der Waals surface area (Å²) < 4.78 is 8.69. The number of hydrogen-bond donors (Lipinski definition) is 2. The number of hydrogen-bond acceptors (Lipinski definition) is 6. The first kappa shape index (κ1) is 20.2. The molecule has 8 nitrogen and oxygen atoms in total. The highest BCUT2D eigenvalue weighted by molar-refractivity contribution is 6.06. The van der Waals surface area contributed by atoms with Crippen molar-refractivity contribution in [3.63, 3.8) is 0 Å². The number of H-pyrrole nitrogens is 2. The molecule has 4 aromatic carbocycles. The SMILES string of the molecule is [2H]c1cccc2c3nc4nc(nc5[nH]c(nc6nc(nc([nH]3)c12)-c1ccccc1-6)c1ccccc51)-c1ccccc1-4. The lowest BCUT2D eigenvalue weighted by atomic mass is 10.1. The summed E-state index contributed by atoms with van der Waals surface area (Å²) in [6.07, 6.45) is 0. The molecule has 3 aromatic heterocycles. The Bertz CT molecular complexity index is 2400. The second kappa shape index (κ2) is 7.87. The highest BCUT2D eigenvalue weighted by Gasteiger charge is 2.21. The molecule has 186 valence electrons. The van der Waals surface area contributed by atoms with E-state index in [2.05, 4.69) is 9.97 Å². The third kappa shape index (κ3) is 3.01. The monoisotopic (exact) mass is 515 g/mol. The molecular formula is C32H18N8. The summed E-state index contributed by atoms with van der Waals surface area (Å²) in [6.45, 7) is 0. The van der Waals surface area contributed by atoms with Crippen LogP contribution in [0.4, 0.5) is 0 Å². The third-order valence-electron chi connectivity index (χ3n) is 7.37. The molecule has 8 heteroatoms. The maximum Gasteiger partial charge on any atom is 0.164 e. The standard InChI is InChI=1S/C32H18N8/c1-2-10-18-17(9-1)25-33-26(18)38-28-21-13-5-6-14-22(21)30(35-28)40-32-24-16-8-7-15-23(24)31(36-32)39-29-20-12-4-3-11-19(20)27(34-29)37-25/h1-16H,(H2,33,34,35,36,37,38,39,40)/i9D. The Hall–Kier alpha value is -5.76. The van der Waals surface area contributed by atoms with Crippen LogP contribution >= 0.6 is 0 Å². The van der Waals surface area contributed by atoms with Gasteiger partial charge in [-0.15, -0.1) is 0 Å². The molecule has 0 spiro atoms. The number of aromatic amines is 2. The normalized spacial score (nSPS) is 12.3. The molecule has 5 heterocycles. The van der Waals surface area contributed by atoms with Crippen LogP contribution in [0.25, 0.3) is 89.7 Å². The molecule has 7 aromatic rings. The molecule has 0 fully saturated rings. The summed E-state index contributed by atoms with van der Waals surface area (Å²) in [5, 5.41) is 3.32. The van der Waals surface area contributed by atoms with Gasteiger partial charge in [-0.2, -0.15) is 0 Å². The van der Waals surface area contributed by atoms with Gasteiger partial charge in [0.25, 0.3) is 0 Å². The Balaban J connectivity index is 1.52. The van der Waals surface area contributed by atoms with Crippen molar-refractivity contribution in [1.82, 2.24) is 39.9 Å². The van der Waals surface area contributed by atoms with Crippen LogP contribution in [-0.4, -0.2) is 39.9 Å². The van der Waals surface area contributed by atoms with Crippen LogP contribution in [0, 0.1) is 0 Å². The molecule has 0 radical (unpaired) electrons. The number of benzene rings is 4. The summed E-state index contributed by atoms with van der Waals surface area (Å²) in [5.41, 5.74) is 5.93. The Morgan fingerprint density at radius 2 is 0.700 bits per heavy atom. The quantitative estimate of drug-likeness (QED) is 0.228. The Kier molecular flexibility index (Phi) is 3.98. The fourth-order valence-electron chi connectivity index (χ4n) is 5.52. The zero-order valence-electron chi connectivity index (χ0n) is 21.8. The minimum absolute atomic E-state index is 0.346. The Morgan fingerprint density at radius 3 is 1.12 bits per heavy atom. The molecule has 0 saturated heterocycles. The van der Waals surface area contributed by atoms with Crippen molar-refractivity contribution in [3.05, 3.63) is 97.0 Å². The number of fused-ring (bicyclic) bond motifs is 20. The van der Waals surface area contributed by atoms with Gasteiger partial charge in [-0.05, 0) is 0 Å². The topological polar surface area (TPSA) is 109 Å². The van der Waals surface area contributed by atoms with Crippen molar-refractivity contribution in [2.75, 3.05) is 0 Å². The Labute approximate surface area is 227 Å². The first-order valence-electron chi connectivity index (χ1n) is 13.4. The van der Waals surface area contributed by atoms with E-state index in [0.29, 0.717) is 57.3 Å². The molecule has 0 atom stereocenters. The van der Waals surface area contributed by atoms with Crippen molar-refractivity contribution in [2.24, 2.45) is 0 Å². The highest BCUT2D eigenvalue weighted by atomic mass is 15.1. The van der Waals surface area contributed by atoms with Crippen LogP contribution in [0.1, 0.15) is 1.37 Å². The maximum absolute atomic E-state index is 8.69. The Morgan fingerprint density at radius 1 is 0.375 bits per heavy atom. The van der Waals surface area contributed by atoms with Gasteiger partial charge in [0.1, 0.15) is 22.6 Å². The number of nitrogens with one attached hydrogen (secondary N) is 2. The van der Waals surface area contributed by atoms with Crippen LogP contribution < -0.4 is 0 Å². The molecule has 0 unspecified atom stereocenters. The lowest BCUT2D eigenvalue weighted by molar-refractivity contribution is 1.19. The van der Waals surface area contributed by atoms with Gasteiger partial charge < -0.3 is 9.97 Å². The molecule has 9 rings (SSSR count). The molecule has 0 aliphatic carbocycles. The summed E-state index contributed by atoms with van der Waals surface area (Å²) in [7, 11) is 0. The van der Waals surface area contributed by atoms with E-state index >= 15 is 0 Å². The summed E-state index contributed by atoms with van der Waals surface area (Å²) in [6, 6.07) is 29.8. The van der Waals surface area contributed by atoms with E-state index in [1.807, 2.05) is 84.9 Å². The van der Waals surface area contributed by atoms with Crippen molar-refractivity contribution in [3.8, 4) is 45.6 Å². The highest BCUT2D eigenvalue weighted by Crippen LogP contribution is 2.36. The third-order valence-corrected chi connectivity index (χ3v) is 7.37. The van der Waals surface area contributed by atoms with E-state index < -0.39 is 0 Å². The van der Waals surface area contributed by atoms with Gasteiger partial charge in [-0.25, -0.2) is 29.9 Å². The van der Waals surface area contributed by atoms with E-state index in [1.165, 1.54) is 0 Å². The smallest absolute Gasteiger partial charge is 0.164 e. The van der Waals surface area contributed by atoms with Gasteiger partial charge in [0, 0.05) is 43.8 Å². The minimum Gasteiger partial charge on any atom is -0.324 e. The fourth-order valence-corrected chi connectivity index (χ4v) is 5.52. The maximum atomic E-state index is 8.69. The van der Waals surface area contributed by atoms with Crippen molar-refractivity contribution < 1.29 is 1.37 Å². The van der Waals surface area contributed by atoms with Crippen LogP contribution in [-0.2, 0) is 0 Å². The number of aromatic nitrogens is 8. The lowest BCUT2D eigenvalue weighted by Crippen LogP contribution is -1.82. The largest absolute Gasteiger partial charge is 0.324 e. The molecule has 0 saturated carbocycles. The van der Waals surface area contributed by atoms with Gasteiger partial charge >= 0.3 is 0 Å². The average molecular weight is 516 g/mol. The summed E-state index contributed by atoms with van der Waals surface area (Å²) in [4.78, 5) is 36.5. The van der Waals surface area contributed by atoms with Crippen molar-refractivity contribution in [1.29, 1.82) is 0 Å². The van der Waals surface area contributed by atoms with Gasteiger partial charge in [0.05, 0.1) is 1.37 Å². The molecule has 2 aliphatic heterocycles. The van der Waals surface area contributed by atoms with E-state index in [9.17, 15) is 0 Å². The second-order valence-electron chi connectivity index (χ2n) is 9.71. The minimum atomic E-state index is 0.346. The predicted octanol–water partition coefficient (Wildman–Crippen LogP) is 6.87. The van der Waals surface area contributed by atoms with Crippen molar-refractivity contribution in [2.45, 2.75) is 0 Å². The summed E-state index contributed by atoms with van der Waals surface area (Å²) in [5.74, 6) is 2.17. The zero-order valence-corrected chi connectivity index (χ0v) is 20.8. The van der Waals surface area contributed by atoms with Gasteiger partial charge in [-0.1, -0.05) is 97.0 Å². The number of rotatable bonds is 0. The first-order valence-corrected chi connectivity index (χ1v) is 12.9. The predicted molar refractivity (Wildman–Crippen MR) is 156 cm³/mol. The molecule has 0 amide bonds. The van der Waals surface area contributed by atoms with Crippen LogP contribution in [0.15, 0.2) is 97.0 Å². The molecule has 8 bridgehead atoms. The lowest BCUT2D eigenvalue weighted by Gasteiger charge is -1.96. The van der Waals surface area contributed by atoms with E-state index in [1.54, 1.807) is 6.07 Å². The zero-order chi connectivity index (χ0) is 27.1. The van der Waals surface area contributed by atoms with Crippen LogP contribution in [0.3, 0.4) is 0 Å². The van der Waals surface area contributed by atoms with Crippen molar-refractivity contribution >= 4 is 44.1 Å². The van der Waals surface area contributed by atoms with E-state index in [-0.39, 0.29) is 0 Å². The van der Waals surface area contributed by atoms with E-state index in [4.69, 9.17) is 31.3 Å². The first-order chi connectivity index (χ1) is 20.2. The molecule has 40 heavy (non-hydrogen) atoms. The van der Waals surface area contributed by atoms with Gasteiger partial charge in [0.2, 0.25) is 0 Å². The van der Waals surface area contributed by atoms with Gasteiger partial charge in [-0.3, -0.25) is 0 Å². The van der Waals surface area contributed by atoms with E-state index in [0.717, 1.165) is 38.4 Å². The van der Waals surface area contributed by atoms with Crippen LogP contribution in [0.5, 0.6) is 0 Å². The molecular weight excluding hydrogens is 496 g/mol. The second-order valence-corrected chi connectivity index (χ2v) is 9.71. The molecule has 2 N–H and O–H groups in total.